The van der Waals surface area contributed by atoms with Gasteiger partial charge in [0.25, 0.3) is 0 Å². The number of nitrogens with one attached hydrogen (secondary N) is 1. The number of aryl methyl sites for hydroxylation is 1. The van der Waals surface area contributed by atoms with Crippen LogP contribution in [0.25, 0.3) is 0 Å². The summed E-state index contributed by atoms with van der Waals surface area (Å²) in [6.07, 6.45) is 0. The molecule has 0 bridgehead atoms. The van der Waals surface area contributed by atoms with Crippen LogP contribution in [0.2, 0.25) is 0 Å². The molecular weight excluding hydrogens is 340 g/mol. The van der Waals surface area contributed by atoms with Gasteiger partial charge in [0.15, 0.2) is 0 Å². The molecule has 0 spiro atoms. The van der Waals surface area contributed by atoms with Crippen molar-refractivity contribution in [3.8, 4) is 6.07 Å². The Kier molecular flexibility index (Phi) is 5.96. The average Bonchev–Trinajstić information content (AvgIpc) is 2.70. The van der Waals surface area contributed by atoms with E-state index in [1.807, 2.05) is 85.8 Å². The van der Waals surface area contributed by atoms with Crippen LogP contribution in [0.3, 0.4) is 0 Å². The van der Waals surface area contributed by atoms with E-state index in [0.717, 1.165) is 21.6 Å². The Hall–Kier alpha value is -2.74. The first kappa shape index (κ1) is 18.1. The summed E-state index contributed by atoms with van der Waals surface area (Å²) in [4.78, 5) is 1.41. The molecule has 0 aliphatic carbocycles. The molecule has 0 heterocycles. The van der Waals surface area contributed by atoms with E-state index in [1.165, 1.54) is 0 Å². The molecule has 0 amide bonds. The molecule has 4 heteroatoms. The van der Waals surface area contributed by atoms with Gasteiger partial charge in [-0.2, -0.15) is 5.26 Å². The van der Waals surface area contributed by atoms with Crippen LogP contribution in [0.1, 0.15) is 22.7 Å². The fourth-order valence-electron chi connectivity index (χ4n) is 2.72. The zero-order chi connectivity index (χ0) is 18.4. The van der Waals surface area contributed by atoms with Crippen molar-refractivity contribution in [3.63, 3.8) is 0 Å². The van der Waals surface area contributed by atoms with Crippen LogP contribution in [-0.4, -0.2) is 4.21 Å². The van der Waals surface area contributed by atoms with Crippen molar-refractivity contribution in [2.45, 2.75) is 29.3 Å². The molecule has 26 heavy (non-hydrogen) atoms. The third-order valence-electron chi connectivity index (χ3n) is 4.15. The Morgan fingerprint density at radius 1 is 0.962 bits per heavy atom. The van der Waals surface area contributed by atoms with Gasteiger partial charge in [0.05, 0.1) is 16.9 Å². The molecule has 130 valence electrons. The van der Waals surface area contributed by atoms with Gasteiger partial charge in [-0.1, -0.05) is 66.2 Å². The predicted molar refractivity (Wildman–Crippen MR) is 104 cm³/mol. The van der Waals surface area contributed by atoms with E-state index in [0.29, 0.717) is 11.4 Å². The summed E-state index contributed by atoms with van der Waals surface area (Å²) >= 11 is 0. The summed E-state index contributed by atoms with van der Waals surface area (Å²) < 4.78 is 13.0. The van der Waals surface area contributed by atoms with Gasteiger partial charge in [-0.3, -0.25) is 5.32 Å². The van der Waals surface area contributed by atoms with E-state index in [-0.39, 0.29) is 0 Å². The van der Waals surface area contributed by atoms with Crippen molar-refractivity contribution < 1.29 is 4.21 Å². The van der Waals surface area contributed by atoms with E-state index in [1.54, 1.807) is 0 Å². The molecular formula is C22H20N2OS. The summed E-state index contributed by atoms with van der Waals surface area (Å²) in [5.74, 6) is 0. The maximum atomic E-state index is 13.0. The Labute approximate surface area is 156 Å². The van der Waals surface area contributed by atoms with Crippen molar-refractivity contribution in [3.05, 3.63) is 95.6 Å². The highest BCUT2D eigenvalue weighted by Crippen LogP contribution is 2.25. The second kappa shape index (κ2) is 8.57. The molecule has 0 aliphatic rings. The van der Waals surface area contributed by atoms with Gasteiger partial charge in [-0.15, -0.1) is 0 Å². The minimum absolute atomic E-state index is 0.527. The molecule has 0 radical (unpaired) electrons. The number of nitrogens with zero attached hydrogens (tertiary/aromatic N) is 1. The van der Waals surface area contributed by atoms with Crippen molar-refractivity contribution in [2.24, 2.45) is 0 Å². The van der Waals surface area contributed by atoms with Gasteiger partial charge < -0.3 is 0 Å². The number of nitriles is 1. The monoisotopic (exact) mass is 360 g/mol. The second-order valence-electron chi connectivity index (χ2n) is 6.05. The van der Waals surface area contributed by atoms with Gasteiger partial charge in [0, 0.05) is 16.3 Å². The van der Waals surface area contributed by atoms with Crippen LogP contribution in [-0.2, 0) is 17.3 Å². The van der Waals surface area contributed by atoms with E-state index < -0.39 is 16.8 Å². The third kappa shape index (κ3) is 4.26. The molecule has 0 unspecified atom stereocenters. The van der Waals surface area contributed by atoms with E-state index in [4.69, 9.17) is 0 Å². The Balaban J connectivity index is 1.86. The van der Waals surface area contributed by atoms with Crippen LogP contribution < -0.4 is 5.32 Å². The molecule has 3 aromatic rings. The summed E-state index contributed by atoms with van der Waals surface area (Å²) in [5, 5.41) is 12.9. The minimum atomic E-state index is -1.33. The summed E-state index contributed by atoms with van der Waals surface area (Å²) in [6, 6.07) is 26.8. The zero-order valence-electron chi connectivity index (χ0n) is 14.6. The van der Waals surface area contributed by atoms with E-state index >= 15 is 0 Å². The molecule has 0 fully saturated rings. The molecule has 0 aromatic heterocycles. The summed E-state index contributed by atoms with van der Waals surface area (Å²) in [6.45, 7) is 2.57. The Bertz CT molecular complexity index is 930. The number of hydrogen-bond acceptors (Lipinski definition) is 3. The molecule has 0 saturated carbocycles. The van der Waals surface area contributed by atoms with Crippen LogP contribution in [0.4, 0.5) is 0 Å². The minimum Gasteiger partial charge on any atom is -0.294 e. The molecule has 0 saturated heterocycles. The molecule has 3 rings (SSSR count). The third-order valence-corrected chi connectivity index (χ3v) is 5.62. The van der Waals surface area contributed by atoms with Crippen molar-refractivity contribution >= 4 is 10.8 Å². The first-order valence-electron chi connectivity index (χ1n) is 8.43. The molecule has 0 aliphatic heterocycles. The quantitative estimate of drug-likeness (QED) is 0.703. The topological polar surface area (TPSA) is 52.9 Å². The van der Waals surface area contributed by atoms with Crippen molar-refractivity contribution in [1.82, 2.24) is 5.32 Å². The molecule has 1 N–H and O–H groups in total. The van der Waals surface area contributed by atoms with Crippen LogP contribution in [0.15, 0.2) is 88.7 Å². The molecule has 3 aromatic carbocycles. The Morgan fingerprint density at radius 3 is 2.31 bits per heavy atom. The van der Waals surface area contributed by atoms with Crippen LogP contribution in [0, 0.1) is 18.3 Å². The van der Waals surface area contributed by atoms with Crippen molar-refractivity contribution in [1.29, 1.82) is 5.26 Å². The number of hydrogen-bond donors (Lipinski definition) is 1. The highest BCUT2D eigenvalue weighted by molar-refractivity contribution is 7.85. The van der Waals surface area contributed by atoms with Crippen LogP contribution >= 0.6 is 0 Å². The van der Waals surface area contributed by atoms with Gasteiger partial charge in [-0.05, 0) is 36.2 Å². The highest BCUT2D eigenvalue weighted by Gasteiger charge is 2.18. The molecule has 3 nitrogen and oxygen atoms in total. The standard InChI is InChI=1S/C22H20N2OS/c1-17-11-13-19(14-12-17)26(25)22-10-6-5-9-20(22)21(15-23)24-16-18-7-3-2-4-8-18/h2-14,21,24H,16H2,1H3/t21-,26-/m0/s1. The average molecular weight is 360 g/mol. The zero-order valence-corrected chi connectivity index (χ0v) is 15.4. The van der Waals surface area contributed by atoms with E-state index in [2.05, 4.69) is 11.4 Å². The van der Waals surface area contributed by atoms with Gasteiger partial charge in [-0.25, -0.2) is 4.21 Å². The maximum absolute atomic E-state index is 13.0. The fraction of sp³-hybridized carbons (Fsp3) is 0.136. The Morgan fingerprint density at radius 2 is 1.62 bits per heavy atom. The SMILES string of the molecule is Cc1ccc([S@](=O)c2ccccc2[C@H](C#N)NCc2ccccc2)cc1. The maximum Gasteiger partial charge on any atom is 0.122 e. The lowest BCUT2D eigenvalue weighted by atomic mass is 10.1. The van der Waals surface area contributed by atoms with Gasteiger partial charge >= 0.3 is 0 Å². The van der Waals surface area contributed by atoms with Crippen LogP contribution in [0.5, 0.6) is 0 Å². The fourth-order valence-corrected chi connectivity index (χ4v) is 3.96. The largest absolute Gasteiger partial charge is 0.294 e. The van der Waals surface area contributed by atoms with Crippen molar-refractivity contribution in [2.75, 3.05) is 0 Å². The number of benzene rings is 3. The first-order valence-corrected chi connectivity index (χ1v) is 9.58. The van der Waals surface area contributed by atoms with E-state index in [9.17, 15) is 9.47 Å². The molecule has 2 atom stereocenters. The highest BCUT2D eigenvalue weighted by atomic mass is 32.2. The summed E-state index contributed by atoms with van der Waals surface area (Å²) in [7, 11) is -1.33. The number of rotatable bonds is 6. The second-order valence-corrected chi connectivity index (χ2v) is 7.50. The predicted octanol–water partition coefficient (Wildman–Crippen LogP) is 4.52. The summed E-state index contributed by atoms with van der Waals surface area (Å²) in [5.41, 5.74) is 2.98. The normalized spacial score (nSPS) is 12.9. The first-order chi connectivity index (χ1) is 12.7. The smallest absolute Gasteiger partial charge is 0.122 e. The lowest BCUT2D eigenvalue weighted by Crippen LogP contribution is -2.21. The lowest BCUT2D eigenvalue weighted by molar-refractivity contribution is 0.619. The van der Waals surface area contributed by atoms with Gasteiger partial charge in [0.1, 0.15) is 6.04 Å². The van der Waals surface area contributed by atoms with Gasteiger partial charge in [0.2, 0.25) is 0 Å². The lowest BCUT2D eigenvalue weighted by Gasteiger charge is -2.16.